The first kappa shape index (κ1) is 14.2. The highest BCUT2D eigenvalue weighted by molar-refractivity contribution is 7.13. The number of rotatable bonds is 5. The van der Waals surface area contributed by atoms with Crippen LogP contribution in [0.15, 0.2) is 24.0 Å². The Morgan fingerprint density at radius 3 is 2.90 bits per heavy atom. The van der Waals surface area contributed by atoms with E-state index < -0.39 is 0 Å². The fourth-order valence-corrected chi connectivity index (χ4v) is 3.11. The lowest BCUT2D eigenvalue weighted by Crippen LogP contribution is -2.40. The van der Waals surface area contributed by atoms with Crippen LogP contribution in [-0.4, -0.2) is 50.4 Å². The van der Waals surface area contributed by atoms with E-state index in [9.17, 15) is 4.79 Å². The molecular weight excluding hydrogens is 288 g/mol. The van der Waals surface area contributed by atoms with Gasteiger partial charge in [0.25, 0.3) is 0 Å². The van der Waals surface area contributed by atoms with E-state index in [2.05, 4.69) is 25.5 Å². The molecule has 0 bridgehead atoms. The van der Waals surface area contributed by atoms with Crippen molar-refractivity contribution >= 4 is 22.4 Å². The van der Waals surface area contributed by atoms with Crippen LogP contribution in [0.4, 0.5) is 5.13 Å². The van der Waals surface area contributed by atoms with Gasteiger partial charge in [-0.05, 0) is 31.8 Å². The average molecular weight is 306 g/mol. The molecule has 0 aromatic carbocycles. The largest absolute Gasteiger partial charge is 0.301 e. The zero-order chi connectivity index (χ0) is 14.5. The van der Waals surface area contributed by atoms with E-state index in [-0.39, 0.29) is 5.91 Å². The van der Waals surface area contributed by atoms with Crippen LogP contribution in [0.25, 0.3) is 0 Å². The fraction of sp³-hybridized carbons (Fsp3) is 0.538. The standard InChI is InChI=1S/C13H18N6OS/c20-12(16-13-14-4-8-21-13)10-18-5-1-11(2-6-18)9-19-7-3-15-17-19/h3-4,7-8,11H,1-2,5-6,9-10H2,(H,14,16,20). The summed E-state index contributed by atoms with van der Waals surface area (Å²) >= 11 is 1.44. The summed E-state index contributed by atoms with van der Waals surface area (Å²) in [6.07, 6.45) is 7.47. The van der Waals surface area contributed by atoms with E-state index in [4.69, 9.17) is 0 Å². The predicted octanol–water partition coefficient (Wildman–Crippen LogP) is 1.09. The summed E-state index contributed by atoms with van der Waals surface area (Å²) in [6.45, 7) is 3.25. The van der Waals surface area contributed by atoms with Crippen molar-refractivity contribution < 1.29 is 4.79 Å². The number of likely N-dealkylation sites (tertiary alicyclic amines) is 1. The molecule has 3 heterocycles. The summed E-state index contributed by atoms with van der Waals surface area (Å²) in [4.78, 5) is 18.2. The lowest BCUT2D eigenvalue weighted by atomic mass is 9.97. The summed E-state index contributed by atoms with van der Waals surface area (Å²) in [5.74, 6) is 0.629. The number of amides is 1. The molecule has 0 radical (unpaired) electrons. The van der Waals surface area contributed by atoms with E-state index in [1.165, 1.54) is 11.3 Å². The van der Waals surface area contributed by atoms with Gasteiger partial charge >= 0.3 is 0 Å². The molecule has 0 saturated carbocycles. The summed E-state index contributed by atoms with van der Waals surface area (Å²) < 4.78 is 1.88. The molecule has 0 spiro atoms. The van der Waals surface area contributed by atoms with E-state index >= 15 is 0 Å². The molecule has 112 valence electrons. The maximum atomic E-state index is 11.9. The SMILES string of the molecule is O=C(CN1CCC(Cn2ccnn2)CC1)Nc1nccs1. The number of thiazole rings is 1. The maximum Gasteiger partial charge on any atom is 0.240 e. The van der Waals surface area contributed by atoms with Crippen molar-refractivity contribution in [2.45, 2.75) is 19.4 Å². The Balaban J connectivity index is 1.40. The van der Waals surface area contributed by atoms with Crippen molar-refractivity contribution in [2.24, 2.45) is 5.92 Å². The summed E-state index contributed by atoms with van der Waals surface area (Å²) in [5.41, 5.74) is 0. The zero-order valence-electron chi connectivity index (χ0n) is 11.7. The summed E-state index contributed by atoms with van der Waals surface area (Å²) in [7, 11) is 0. The molecule has 1 fully saturated rings. The number of carbonyl (C=O) groups is 1. The molecule has 8 heteroatoms. The van der Waals surface area contributed by atoms with Crippen molar-refractivity contribution in [3.63, 3.8) is 0 Å². The molecule has 1 amide bonds. The van der Waals surface area contributed by atoms with Gasteiger partial charge in [0.1, 0.15) is 0 Å². The maximum absolute atomic E-state index is 11.9. The van der Waals surface area contributed by atoms with Crippen LogP contribution < -0.4 is 5.32 Å². The third-order valence-electron chi connectivity index (χ3n) is 3.67. The molecule has 1 N–H and O–H groups in total. The number of anilines is 1. The third-order valence-corrected chi connectivity index (χ3v) is 4.36. The fourth-order valence-electron chi connectivity index (χ4n) is 2.57. The van der Waals surface area contributed by atoms with Gasteiger partial charge in [-0.1, -0.05) is 5.21 Å². The Morgan fingerprint density at radius 1 is 1.38 bits per heavy atom. The minimum atomic E-state index is 0.0136. The molecule has 2 aromatic rings. The average Bonchev–Trinajstić information content (AvgIpc) is 3.14. The second-order valence-electron chi connectivity index (χ2n) is 5.23. The van der Waals surface area contributed by atoms with Crippen molar-refractivity contribution in [3.8, 4) is 0 Å². The molecule has 7 nitrogen and oxygen atoms in total. The quantitative estimate of drug-likeness (QED) is 0.895. The van der Waals surface area contributed by atoms with E-state index in [0.717, 1.165) is 32.5 Å². The molecule has 1 aliphatic rings. The third kappa shape index (κ3) is 4.08. The van der Waals surface area contributed by atoms with Gasteiger partial charge < -0.3 is 5.32 Å². The van der Waals surface area contributed by atoms with Crippen LogP contribution in [0, 0.1) is 5.92 Å². The first-order valence-corrected chi connectivity index (χ1v) is 7.93. The lowest BCUT2D eigenvalue weighted by Gasteiger charge is -2.31. The van der Waals surface area contributed by atoms with Crippen LogP contribution >= 0.6 is 11.3 Å². The minimum Gasteiger partial charge on any atom is -0.301 e. The van der Waals surface area contributed by atoms with E-state index in [1.54, 1.807) is 12.4 Å². The molecule has 21 heavy (non-hydrogen) atoms. The summed E-state index contributed by atoms with van der Waals surface area (Å²) in [6, 6.07) is 0. The van der Waals surface area contributed by atoms with Gasteiger partial charge in [-0.3, -0.25) is 14.4 Å². The van der Waals surface area contributed by atoms with E-state index in [1.807, 2.05) is 16.3 Å². The predicted molar refractivity (Wildman–Crippen MR) is 79.9 cm³/mol. The molecule has 1 aliphatic heterocycles. The Kier molecular flexibility index (Phi) is 4.56. The first-order chi connectivity index (χ1) is 10.3. The molecule has 3 rings (SSSR count). The Hall–Kier alpha value is -1.80. The van der Waals surface area contributed by atoms with Crippen LogP contribution in [0.1, 0.15) is 12.8 Å². The first-order valence-electron chi connectivity index (χ1n) is 7.05. The Labute approximate surface area is 127 Å². The molecule has 2 aromatic heterocycles. The molecule has 1 saturated heterocycles. The van der Waals surface area contributed by atoms with Crippen molar-refractivity contribution in [1.82, 2.24) is 24.9 Å². The Morgan fingerprint density at radius 2 is 2.24 bits per heavy atom. The number of nitrogens with zero attached hydrogens (tertiary/aromatic N) is 5. The van der Waals surface area contributed by atoms with Crippen LogP contribution in [-0.2, 0) is 11.3 Å². The van der Waals surface area contributed by atoms with Crippen LogP contribution in [0.2, 0.25) is 0 Å². The van der Waals surface area contributed by atoms with Crippen molar-refractivity contribution in [1.29, 1.82) is 0 Å². The number of aromatic nitrogens is 4. The molecular formula is C13H18N6OS. The normalized spacial score (nSPS) is 17.0. The molecule has 0 atom stereocenters. The highest BCUT2D eigenvalue weighted by atomic mass is 32.1. The highest BCUT2D eigenvalue weighted by Crippen LogP contribution is 2.18. The summed E-state index contributed by atoms with van der Waals surface area (Å²) in [5, 5.41) is 13.2. The van der Waals surface area contributed by atoms with E-state index in [0.29, 0.717) is 17.6 Å². The van der Waals surface area contributed by atoms with Crippen LogP contribution in [0.3, 0.4) is 0 Å². The Bertz CT molecular complexity index is 547. The number of hydrogen-bond donors (Lipinski definition) is 1. The number of nitrogens with one attached hydrogen (secondary N) is 1. The number of hydrogen-bond acceptors (Lipinski definition) is 6. The van der Waals surface area contributed by atoms with Crippen LogP contribution in [0.5, 0.6) is 0 Å². The highest BCUT2D eigenvalue weighted by Gasteiger charge is 2.21. The van der Waals surface area contributed by atoms with Gasteiger partial charge in [0.15, 0.2) is 5.13 Å². The number of carbonyl (C=O) groups excluding carboxylic acids is 1. The van der Waals surface area contributed by atoms with Gasteiger partial charge in [0, 0.05) is 24.3 Å². The number of piperidine rings is 1. The smallest absolute Gasteiger partial charge is 0.240 e. The molecule has 0 unspecified atom stereocenters. The second kappa shape index (κ2) is 6.77. The molecule has 0 aliphatic carbocycles. The monoisotopic (exact) mass is 306 g/mol. The van der Waals surface area contributed by atoms with Crippen molar-refractivity contribution in [3.05, 3.63) is 24.0 Å². The van der Waals surface area contributed by atoms with Gasteiger partial charge in [0.2, 0.25) is 5.91 Å². The van der Waals surface area contributed by atoms with Crippen molar-refractivity contribution in [2.75, 3.05) is 25.0 Å². The van der Waals surface area contributed by atoms with Gasteiger partial charge in [0.05, 0.1) is 12.7 Å². The minimum absolute atomic E-state index is 0.0136. The zero-order valence-corrected chi connectivity index (χ0v) is 12.5. The van der Waals surface area contributed by atoms with Gasteiger partial charge in [-0.15, -0.1) is 16.4 Å². The topological polar surface area (TPSA) is 75.9 Å². The second-order valence-corrected chi connectivity index (χ2v) is 6.12. The van der Waals surface area contributed by atoms with Gasteiger partial charge in [-0.25, -0.2) is 4.98 Å². The lowest BCUT2D eigenvalue weighted by molar-refractivity contribution is -0.117. The van der Waals surface area contributed by atoms with Gasteiger partial charge in [-0.2, -0.15) is 0 Å².